The van der Waals surface area contributed by atoms with E-state index in [0.717, 1.165) is 17.7 Å². The van der Waals surface area contributed by atoms with Gasteiger partial charge in [-0.05, 0) is 42.9 Å². The molecule has 1 heterocycles. The van der Waals surface area contributed by atoms with Crippen LogP contribution in [0.25, 0.3) is 6.08 Å². The van der Waals surface area contributed by atoms with E-state index in [9.17, 15) is 4.79 Å². The third-order valence-electron chi connectivity index (χ3n) is 3.90. The van der Waals surface area contributed by atoms with Crippen LogP contribution in [0.3, 0.4) is 0 Å². The number of ether oxygens (including phenoxy) is 3. The van der Waals surface area contributed by atoms with Gasteiger partial charge in [0.15, 0.2) is 0 Å². The lowest BCUT2D eigenvalue weighted by atomic mass is 9.98. The maximum Gasteiger partial charge on any atom is 0.330 e. The van der Waals surface area contributed by atoms with Gasteiger partial charge in [-0.2, -0.15) is 0 Å². The van der Waals surface area contributed by atoms with Gasteiger partial charge in [-0.3, -0.25) is 0 Å². The Morgan fingerprint density at radius 3 is 2.86 bits per heavy atom. The molecule has 1 aliphatic heterocycles. The highest BCUT2D eigenvalue weighted by molar-refractivity contribution is 5.87. The van der Waals surface area contributed by atoms with E-state index in [1.54, 1.807) is 6.92 Å². The van der Waals surface area contributed by atoms with Crippen LogP contribution in [0.5, 0.6) is 0 Å². The second-order valence-electron chi connectivity index (χ2n) is 5.76. The summed E-state index contributed by atoms with van der Waals surface area (Å²) in [7, 11) is 0. The number of carbonyl (C=O) groups excluding carboxylic acids is 1. The predicted molar refractivity (Wildman–Crippen MR) is 83.3 cm³/mol. The highest BCUT2D eigenvalue weighted by Gasteiger charge is 2.35. The molecule has 0 amide bonds. The average molecular weight is 302 g/mol. The van der Waals surface area contributed by atoms with Crippen LogP contribution >= 0.6 is 0 Å². The normalized spacial score (nSPS) is 21.8. The lowest BCUT2D eigenvalue weighted by molar-refractivity contribution is -0.137. The molecule has 2 aliphatic rings. The highest BCUT2D eigenvalue weighted by atomic mass is 16.6. The van der Waals surface area contributed by atoms with E-state index in [1.807, 2.05) is 24.3 Å². The van der Waals surface area contributed by atoms with Crippen LogP contribution in [0.1, 0.15) is 37.0 Å². The molecule has 0 unspecified atom stereocenters. The molecule has 1 saturated heterocycles. The van der Waals surface area contributed by atoms with Crippen molar-refractivity contribution in [2.45, 2.75) is 32.0 Å². The summed E-state index contributed by atoms with van der Waals surface area (Å²) >= 11 is 0. The minimum absolute atomic E-state index is 0.0900. The zero-order chi connectivity index (χ0) is 15.4. The molecule has 22 heavy (non-hydrogen) atoms. The summed E-state index contributed by atoms with van der Waals surface area (Å²) in [5.41, 5.74) is 2.16. The van der Waals surface area contributed by atoms with E-state index < -0.39 is 0 Å². The van der Waals surface area contributed by atoms with E-state index in [4.69, 9.17) is 14.2 Å². The fraction of sp³-hybridized carbons (Fsp3) is 0.500. The molecule has 4 heteroatoms. The average Bonchev–Trinajstić information content (AvgIpc) is 3.40. The van der Waals surface area contributed by atoms with E-state index in [-0.39, 0.29) is 18.2 Å². The van der Waals surface area contributed by atoms with Crippen molar-refractivity contribution < 1.29 is 19.0 Å². The minimum Gasteiger partial charge on any atom is -0.463 e. The molecule has 3 rings (SSSR count). The summed E-state index contributed by atoms with van der Waals surface area (Å²) in [6.07, 6.45) is 6.06. The second kappa shape index (κ2) is 7.07. The summed E-state index contributed by atoms with van der Waals surface area (Å²) in [6, 6.07) is 8.09. The van der Waals surface area contributed by atoms with Gasteiger partial charge in [-0.15, -0.1) is 0 Å². The first kappa shape index (κ1) is 15.3. The third kappa shape index (κ3) is 4.18. The summed E-state index contributed by atoms with van der Waals surface area (Å²) < 4.78 is 16.3. The van der Waals surface area contributed by atoms with E-state index in [0.29, 0.717) is 19.1 Å². The number of hydrogen-bond donors (Lipinski definition) is 0. The van der Waals surface area contributed by atoms with Gasteiger partial charge in [0.1, 0.15) is 6.10 Å². The molecule has 1 aromatic carbocycles. The van der Waals surface area contributed by atoms with Gasteiger partial charge in [-0.1, -0.05) is 24.3 Å². The van der Waals surface area contributed by atoms with Gasteiger partial charge in [0.25, 0.3) is 0 Å². The van der Waals surface area contributed by atoms with Gasteiger partial charge in [0.05, 0.1) is 25.9 Å². The molecular formula is C18H22O4. The molecule has 0 aromatic heterocycles. The first-order valence-corrected chi connectivity index (χ1v) is 7.95. The van der Waals surface area contributed by atoms with Crippen molar-refractivity contribution in [1.29, 1.82) is 0 Å². The SMILES string of the molecule is CCOC(=O)C=Cc1ccccc1[C@@H](OC[C@H]1CO1)C1CC1. The third-order valence-corrected chi connectivity index (χ3v) is 3.90. The van der Waals surface area contributed by atoms with Crippen LogP contribution < -0.4 is 0 Å². The smallest absolute Gasteiger partial charge is 0.330 e. The Morgan fingerprint density at radius 2 is 2.18 bits per heavy atom. The van der Waals surface area contributed by atoms with Crippen molar-refractivity contribution in [2.24, 2.45) is 5.92 Å². The van der Waals surface area contributed by atoms with Crippen LogP contribution in [0.2, 0.25) is 0 Å². The van der Waals surface area contributed by atoms with Crippen LogP contribution in [0, 0.1) is 5.92 Å². The number of esters is 1. The molecule has 0 radical (unpaired) electrons. The number of benzene rings is 1. The molecule has 1 saturated carbocycles. The number of hydrogen-bond acceptors (Lipinski definition) is 4. The Balaban J connectivity index is 1.74. The fourth-order valence-electron chi connectivity index (χ4n) is 2.52. The van der Waals surface area contributed by atoms with Crippen molar-refractivity contribution in [2.75, 3.05) is 19.8 Å². The van der Waals surface area contributed by atoms with Gasteiger partial charge < -0.3 is 14.2 Å². The Kier molecular flexibility index (Phi) is 4.90. The van der Waals surface area contributed by atoms with Crippen LogP contribution in [0.15, 0.2) is 30.3 Å². The van der Waals surface area contributed by atoms with E-state index >= 15 is 0 Å². The van der Waals surface area contributed by atoms with Crippen molar-refractivity contribution in [3.63, 3.8) is 0 Å². The zero-order valence-electron chi connectivity index (χ0n) is 12.9. The summed E-state index contributed by atoms with van der Waals surface area (Å²) in [5.74, 6) is 0.267. The largest absolute Gasteiger partial charge is 0.463 e. The Bertz CT molecular complexity index is 544. The fourth-order valence-corrected chi connectivity index (χ4v) is 2.52. The highest BCUT2D eigenvalue weighted by Crippen LogP contribution is 2.44. The van der Waals surface area contributed by atoms with Gasteiger partial charge >= 0.3 is 5.97 Å². The maximum atomic E-state index is 11.5. The van der Waals surface area contributed by atoms with Crippen molar-refractivity contribution in [3.8, 4) is 0 Å². The van der Waals surface area contributed by atoms with E-state index in [2.05, 4.69) is 6.07 Å². The topological polar surface area (TPSA) is 48.1 Å². The molecule has 2 fully saturated rings. The zero-order valence-corrected chi connectivity index (χ0v) is 12.9. The van der Waals surface area contributed by atoms with Crippen LogP contribution in [-0.2, 0) is 19.0 Å². The molecule has 1 aromatic rings. The second-order valence-corrected chi connectivity index (χ2v) is 5.76. The quantitative estimate of drug-likeness (QED) is 0.420. The van der Waals surface area contributed by atoms with Crippen LogP contribution in [-0.4, -0.2) is 31.9 Å². The summed E-state index contributed by atoms with van der Waals surface area (Å²) in [5, 5.41) is 0. The number of epoxide rings is 1. The summed E-state index contributed by atoms with van der Waals surface area (Å²) in [6.45, 7) is 3.65. The van der Waals surface area contributed by atoms with Crippen molar-refractivity contribution in [3.05, 3.63) is 41.5 Å². The minimum atomic E-state index is -0.312. The molecule has 118 valence electrons. The molecule has 4 nitrogen and oxygen atoms in total. The molecule has 0 N–H and O–H groups in total. The van der Waals surface area contributed by atoms with Crippen molar-refractivity contribution in [1.82, 2.24) is 0 Å². The Labute approximate surface area is 131 Å². The van der Waals surface area contributed by atoms with Crippen LogP contribution in [0.4, 0.5) is 0 Å². The standard InChI is InChI=1S/C18H22O4/c1-2-20-17(19)10-9-13-5-3-4-6-16(13)18(14-7-8-14)22-12-15-11-21-15/h3-6,9-10,14-15,18H,2,7-8,11-12H2,1H3/t15-,18+/m1/s1. The molecule has 2 atom stereocenters. The van der Waals surface area contributed by atoms with Crippen molar-refractivity contribution >= 4 is 12.0 Å². The lowest BCUT2D eigenvalue weighted by Crippen LogP contribution is -2.12. The number of rotatable bonds is 8. The Morgan fingerprint density at radius 1 is 1.41 bits per heavy atom. The summed E-state index contributed by atoms with van der Waals surface area (Å²) in [4.78, 5) is 11.5. The first-order valence-electron chi connectivity index (χ1n) is 7.95. The van der Waals surface area contributed by atoms with Gasteiger partial charge in [0, 0.05) is 6.08 Å². The molecule has 0 bridgehead atoms. The molecule has 1 aliphatic carbocycles. The first-order chi connectivity index (χ1) is 10.8. The van der Waals surface area contributed by atoms with E-state index in [1.165, 1.54) is 18.9 Å². The van der Waals surface area contributed by atoms with Gasteiger partial charge in [0.2, 0.25) is 0 Å². The number of carbonyl (C=O) groups is 1. The monoisotopic (exact) mass is 302 g/mol. The van der Waals surface area contributed by atoms with Gasteiger partial charge in [-0.25, -0.2) is 4.79 Å². The molecule has 0 spiro atoms. The lowest BCUT2D eigenvalue weighted by Gasteiger charge is -2.19. The molecular weight excluding hydrogens is 280 g/mol. The maximum absolute atomic E-state index is 11.5. The Hall–Kier alpha value is -1.65. The predicted octanol–water partition coefficient (Wildman–Crippen LogP) is 3.13.